The fourth-order valence-electron chi connectivity index (χ4n) is 1.92. The van der Waals surface area contributed by atoms with E-state index in [4.69, 9.17) is 11.6 Å². The molecule has 0 aliphatic rings. The normalized spacial score (nSPS) is 11.0. The lowest BCUT2D eigenvalue weighted by Gasteiger charge is -2.11. The highest BCUT2D eigenvalue weighted by Crippen LogP contribution is 2.25. The van der Waals surface area contributed by atoms with Crippen LogP contribution in [0.4, 0.5) is 0 Å². The number of benzene rings is 1. The zero-order valence-corrected chi connectivity index (χ0v) is 12.3. The summed E-state index contributed by atoms with van der Waals surface area (Å²) in [4.78, 5) is 4.24. The molecule has 19 heavy (non-hydrogen) atoms. The molecule has 1 N–H and O–H groups in total. The topological polar surface area (TPSA) is 24.9 Å². The largest absolute Gasteiger partial charge is 0.310 e. The van der Waals surface area contributed by atoms with Gasteiger partial charge >= 0.3 is 0 Å². The van der Waals surface area contributed by atoms with Crippen molar-refractivity contribution in [1.82, 2.24) is 10.3 Å². The van der Waals surface area contributed by atoms with Gasteiger partial charge < -0.3 is 5.32 Å². The predicted octanol–water partition coefficient (Wildman–Crippen LogP) is 4.21. The van der Waals surface area contributed by atoms with Crippen LogP contribution in [0, 0.1) is 6.92 Å². The van der Waals surface area contributed by atoms with Gasteiger partial charge in [-0.15, -0.1) is 0 Å². The molecule has 0 saturated carbocycles. The minimum absolute atomic E-state index is 0.445. The molecule has 3 heteroatoms. The van der Waals surface area contributed by atoms with E-state index in [9.17, 15) is 0 Å². The molecule has 0 atom stereocenters. The molecule has 0 amide bonds. The molecule has 100 valence electrons. The minimum atomic E-state index is 0.445. The molecule has 2 nitrogen and oxygen atoms in total. The number of aromatic nitrogens is 1. The van der Waals surface area contributed by atoms with Gasteiger partial charge in [-0.1, -0.05) is 31.5 Å². The van der Waals surface area contributed by atoms with E-state index >= 15 is 0 Å². The molecule has 0 aliphatic carbocycles. The van der Waals surface area contributed by atoms with Crippen molar-refractivity contribution in [2.24, 2.45) is 0 Å². The van der Waals surface area contributed by atoms with E-state index < -0.39 is 0 Å². The van der Waals surface area contributed by atoms with Crippen LogP contribution in [0.2, 0.25) is 5.02 Å². The van der Waals surface area contributed by atoms with E-state index in [1.165, 1.54) is 0 Å². The summed E-state index contributed by atoms with van der Waals surface area (Å²) in [5.74, 6) is 0. The molecule has 1 heterocycles. The van der Waals surface area contributed by atoms with Crippen LogP contribution in [-0.2, 0) is 6.54 Å². The van der Waals surface area contributed by atoms with Crippen LogP contribution in [0.1, 0.15) is 25.0 Å². The Labute approximate surface area is 119 Å². The summed E-state index contributed by atoms with van der Waals surface area (Å²) >= 11 is 6.24. The van der Waals surface area contributed by atoms with Crippen molar-refractivity contribution in [3.05, 3.63) is 52.8 Å². The molecule has 1 aromatic carbocycles. The molecule has 0 fully saturated rings. The van der Waals surface area contributed by atoms with E-state index in [0.717, 1.165) is 33.8 Å². The second kappa shape index (κ2) is 6.18. The Bertz CT molecular complexity index is 564. The maximum Gasteiger partial charge on any atom is 0.0451 e. The highest BCUT2D eigenvalue weighted by molar-refractivity contribution is 6.31. The molecular formula is C16H19ClN2. The van der Waals surface area contributed by atoms with E-state index in [0.29, 0.717) is 6.04 Å². The predicted molar refractivity (Wildman–Crippen MR) is 81.4 cm³/mol. The first-order valence-electron chi connectivity index (χ1n) is 6.50. The Morgan fingerprint density at radius 1 is 1.16 bits per heavy atom. The molecule has 0 saturated heterocycles. The first-order chi connectivity index (χ1) is 9.06. The number of pyridine rings is 1. The van der Waals surface area contributed by atoms with Gasteiger partial charge in [0.2, 0.25) is 0 Å². The SMILES string of the molecule is Cc1cncc(-c2ccc(Cl)c(CNC(C)C)c2)c1. The van der Waals surface area contributed by atoms with Crippen LogP contribution in [0.5, 0.6) is 0 Å². The number of aryl methyl sites for hydroxylation is 1. The fraction of sp³-hybridized carbons (Fsp3) is 0.312. The Hall–Kier alpha value is -1.38. The molecule has 0 unspecified atom stereocenters. The second-order valence-electron chi connectivity index (χ2n) is 5.09. The maximum atomic E-state index is 6.24. The zero-order chi connectivity index (χ0) is 13.8. The maximum absolute atomic E-state index is 6.24. The number of hydrogen-bond donors (Lipinski definition) is 1. The van der Waals surface area contributed by atoms with Crippen molar-refractivity contribution < 1.29 is 0 Å². The summed E-state index contributed by atoms with van der Waals surface area (Å²) < 4.78 is 0. The lowest BCUT2D eigenvalue weighted by molar-refractivity contribution is 0.589. The molecule has 2 aromatic rings. The molecule has 1 aromatic heterocycles. The van der Waals surface area contributed by atoms with Gasteiger partial charge in [0.25, 0.3) is 0 Å². The third-order valence-corrected chi connectivity index (χ3v) is 3.32. The van der Waals surface area contributed by atoms with Gasteiger partial charge in [0, 0.05) is 35.6 Å². The lowest BCUT2D eigenvalue weighted by atomic mass is 10.0. The van der Waals surface area contributed by atoms with Crippen LogP contribution in [-0.4, -0.2) is 11.0 Å². The van der Waals surface area contributed by atoms with Gasteiger partial charge in [-0.25, -0.2) is 0 Å². The van der Waals surface area contributed by atoms with Crippen molar-refractivity contribution in [2.45, 2.75) is 33.4 Å². The molecule has 0 radical (unpaired) electrons. The van der Waals surface area contributed by atoms with Gasteiger partial charge in [0.15, 0.2) is 0 Å². The minimum Gasteiger partial charge on any atom is -0.310 e. The number of nitrogens with one attached hydrogen (secondary N) is 1. The summed E-state index contributed by atoms with van der Waals surface area (Å²) in [7, 11) is 0. The van der Waals surface area contributed by atoms with Crippen molar-refractivity contribution >= 4 is 11.6 Å². The average Bonchev–Trinajstić information content (AvgIpc) is 2.37. The first-order valence-corrected chi connectivity index (χ1v) is 6.88. The first kappa shape index (κ1) is 14.0. The summed E-state index contributed by atoms with van der Waals surface area (Å²) in [6, 6.07) is 8.71. The summed E-state index contributed by atoms with van der Waals surface area (Å²) in [6.07, 6.45) is 3.75. The highest BCUT2D eigenvalue weighted by Gasteiger charge is 2.05. The smallest absolute Gasteiger partial charge is 0.0451 e. The Morgan fingerprint density at radius 2 is 1.95 bits per heavy atom. The summed E-state index contributed by atoms with van der Waals surface area (Å²) in [6.45, 7) is 7.09. The van der Waals surface area contributed by atoms with Gasteiger partial charge in [-0.3, -0.25) is 4.98 Å². The number of halogens is 1. The Kier molecular flexibility index (Phi) is 4.56. The third-order valence-electron chi connectivity index (χ3n) is 2.95. The van der Waals surface area contributed by atoms with Crippen molar-refractivity contribution in [3.8, 4) is 11.1 Å². The van der Waals surface area contributed by atoms with Crippen molar-refractivity contribution in [1.29, 1.82) is 0 Å². The Balaban J connectivity index is 2.30. The van der Waals surface area contributed by atoms with E-state index in [-0.39, 0.29) is 0 Å². The quantitative estimate of drug-likeness (QED) is 0.903. The van der Waals surface area contributed by atoms with Crippen LogP contribution >= 0.6 is 11.6 Å². The molecule has 0 bridgehead atoms. The van der Waals surface area contributed by atoms with Gasteiger partial charge in [0.05, 0.1) is 0 Å². The van der Waals surface area contributed by atoms with E-state index in [2.05, 4.69) is 36.3 Å². The average molecular weight is 275 g/mol. The highest BCUT2D eigenvalue weighted by atomic mass is 35.5. The van der Waals surface area contributed by atoms with Gasteiger partial charge in [0.1, 0.15) is 0 Å². The molecule has 0 spiro atoms. The van der Waals surface area contributed by atoms with Gasteiger partial charge in [-0.05, 0) is 41.8 Å². The van der Waals surface area contributed by atoms with Crippen molar-refractivity contribution in [3.63, 3.8) is 0 Å². The summed E-state index contributed by atoms with van der Waals surface area (Å²) in [5.41, 5.74) is 4.56. The fourth-order valence-corrected chi connectivity index (χ4v) is 2.10. The van der Waals surface area contributed by atoms with Crippen LogP contribution in [0.3, 0.4) is 0 Å². The monoisotopic (exact) mass is 274 g/mol. The second-order valence-corrected chi connectivity index (χ2v) is 5.50. The van der Waals surface area contributed by atoms with Gasteiger partial charge in [-0.2, -0.15) is 0 Å². The zero-order valence-electron chi connectivity index (χ0n) is 11.6. The molecule has 2 rings (SSSR count). The number of nitrogens with zero attached hydrogens (tertiary/aromatic N) is 1. The van der Waals surface area contributed by atoms with Crippen molar-refractivity contribution in [2.75, 3.05) is 0 Å². The van der Waals surface area contributed by atoms with Crippen LogP contribution in [0.25, 0.3) is 11.1 Å². The van der Waals surface area contributed by atoms with E-state index in [1.54, 1.807) is 0 Å². The third kappa shape index (κ3) is 3.79. The lowest BCUT2D eigenvalue weighted by Crippen LogP contribution is -2.21. The molecule has 0 aliphatic heterocycles. The van der Waals surface area contributed by atoms with Crippen LogP contribution < -0.4 is 5.32 Å². The van der Waals surface area contributed by atoms with E-state index in [1.807, 2.05) is 31.5 Å². The standard InChI is InChI=1S/C16H19ClN2/c1-11(2)19-10-15-7-13(4-5-16(15)17)14-6-12(3)8-18-9-14/h4-9,11,19H,10H2,1-3H3. The number of rotatable bonds is 4. The summed E-state index contributed by atoms with van der Waals surface area (Å²) in [5, 5.41) is 4.20. The Morgan fingerprint density at radius 3 is 2.63 bits per heavy atom. The van der Waals surface area contributed by atoms with Crippen LogP contribution in [0.15, 0.2) is 36.7 Å². The number of hydrogen-bond acceptors (Lipinski definition) is 2. The molecular weight excluding hydrogens is 256 g/mol.